The summed E-state index contributed by atoms with van der Waals surface area (Å²) < 4.78 is 0. The Morgan fingerprint density at radius 1 is 1.05 bits per heavy atom. The zero-order valence-corrected chi connectivity index (χ0v) is 23.3. The van der Waals surface area contributed by atoms with E-state index in [2.05, 4.69) is 16.9 Å². The molecule has 1 saturated heterocycles. The third-order valence-corrected chi connectivity index (χ3v) is 8.04. The number of carbonyl (C=O) groups is 3. The maximum absolute atomic E-state index is 14.0. The number of aromatic amines is 1. The number of amides is 3. The highest BCUT2D eigenvalue weighted by molar-refractivity contribution is 6.36. The minimum absolute atomic E-state index is 0.00819. The molecule has 0 radical (unpaired) electrons. The SMILES string of the molecule is Cc1[nH]c(/C=C2\C(=O)N([C@H](C)c3ccc(Cl)cc3)c3ccc(C(N)=O)cc32)c(C)c1C(=O)N1CCN(C)CC1. The molecule has 2 aromatic carbocycles. The lowest BCUT2D eigenvalue weighted by atomic mass is 10.0. The van der Waals surface area contributed by atoms with Gasteiger partial charge in [-0.25, -0.2) is 0 Å². The molecule has 8 nitrogen and oxygen atoms in total. The van der Waals surface area contributed by atoms with E-state index in [1.165, 1.54) is 0 Å². The van der Waals surface area contributed by atoms with Gasteiger partial charge < -0.3 is 25.4 Å². The predicted molar refractivity (Wildman–Crippen MR) is 154 cm³/mol. The van der Waals surface area contributed by atoms with Crippen LogP contribution in [0.3, 0.4) is 0 Å². The zero-order chi connectivity index (χ0) is 28.0. The van der Waals surface area contributed by atoms with Crippen molar-refractivity contribution in [2.45, 2.75) is 26.8 Å². The van der Waals surface area contributed by atoms with Gasteiger partial charge >= 0.3 is 0 Å². The number of fused-ring (bicyclic) bond motifs is 1. The molecule has 0 bridgehead atoms. The number of aromatic nitrogens is 1. The third kappa shape index (κ3) is 4.86. The van der Waals surface area contributed by atoms with Crippen LogP contribution in [0.4, 0.5) is 5.69 Å². The van der Waals surface area contributed by atoms with Crippen molar-refractivity contribution in [2.24, 2.45) is 5.73 Å². The summed E-state index contributed by atoms with van der Waals surface area (Å²) in [6, 6.07) is 12.2. The van der Waals surface area contributed by atoms with Gasteiger partial charge in [0.2, 0.25) is 5.91 Å². The molecule has 0 spiro atoms. The Balaban J connectivity index is 1.56. The number of rotatable bonds is 5. The molecule has 39 heavy (non-hydrogen) atoms. The number of primary amides is 1. The van der Waals surface area contributed by atoms with Crippen LogP contribution in [0.2, 0.25) is 5.02 Å². The number of halogens is 1. The lowest BCUT2D eigenvalue weighted by Gasteiger charge is -2.32. The van der Waals surface area contributed by atoms with E-state index in [4.69, 9.17) is 17.3 Å². The Bertz CT molecular complexity index is 1500. The summed E-state index contributed by atoms with van der Waals surface area (Å²) >= 11 is 6.09. The number of H-pyrrole nitrogens is 1. The van der Waals surface area contributed by atoms with Gasteiger partial charge in [0.05, 0.1) is 22.9 Å². The predicted octanol–water partition coefficient (Wildman–Crippen LogP) is 4.42. The molecule has 1 fully saturated rings. The lowest BCUT2D eigenvalue weighted by molar-refractivity contribution is -0.113. The van der Waals surface area contributed by atoms with Gasteiger partial charge in [-0.2, -0.15) is 0 Å². The standard InChI is InChI=1S/C30H32ClN5O3/c1-17-25(33-18(2)27(17)30(39)35-13-11-34(4)12-14-35)16-24-23-15-21(28(32)37)7-10-26(23)36(29(24)38)19(3)20-5-8-22(31)9-6-20/h5-10,15-16,19,33H,11-14H2,1-4H3,(H2,32,37)/b24-16-/t19-/m1/s1. The van der Waals surface area contributed by atoms with Crippen LogP contribution >= 0.6 is 11.6 Å². The molecule has 1 atom stereocenters. The van der Waals surface area contributed by atoms with E-state index in [1.54, 1.807) is 41.3 Å². The number of benzene rings is 2. The average Bonchev–Trinajstić information content (AvgIpc) is 3.35. The van der Waals surface area contributed by atoms with Crippen LogP contribution in [-0.4, -0.2) is 65.7 Å². The normalized spacial score (nSPS) is 17.6. The maximum atomic E-state index is 14.0. The summed E-state index contributed by atoms with van der Waals surface area (Å²) in [6.45, 7) is 8.74. The second-order valence-electron chi connectivity index (χ2n) is 10.3. The summed E-state index contributed by atoms with van der Waals surface area (Å²) in [4.78, 5) is 48.5. The van der Waals surface area contributed by atoms with Gasteiger partial charge in [-0.3, -0.25) is 14.4 Å². The topological polar surface area (TPSA) is 103 Å². The molecule has 0 unspecified atom stereocenters. The first-order valence-electron chi connectivity index (χ1n) is 13.0. The van der Waals surface area contributed by atoms with Gasteiger partial charge in [0.1, 0.15) is 0 Å². The smallest absolute Gasteiger partial charge is 0.259 e. The molecule has 1 aromatic heterocycles. The van der Waals surface area contributed by atoms with E-state index in [9.17, 15) is 14.4 Å². The summed E-state index contributed by atoms with van der Waals surface area (Å²) in [7, 11) is 2.05. The number of aryl methyl sites for hydroxylation is 1. The molecular weight excluding hydrogens is 514 g/mol. The molecule has 3 N–H and O–H groups in total. The van der Waals surface area contributed by atoms with Gasteiger partial charge in [0, 0.05) is 53.7 Å². The number of carbonyl (C=O) groups excluding carboxylic acids is 3. The van der Waals surface area contributed by atoms with E-state index in [-0.39, 0.29) is 17.9 Å². The molecule has 2 aliphatic heterocycles. The Morgan fingerprint density at radius 3 is 2.36 bits per heavy atom. The molecule has 9 heteroatoms. The van der Waals surface area contributed by atoms with Crippen LogP contribution in [0.25, 0.3) is 11.6 Å². The van der Waals surface area contributed by atoms with E-state index >= 15 is 0 Å². The number of nitrogens with zero attached hydrogens (tertiary/aromatic N) is 3. The lowest BCUT2D eigenvalue weighted by Crippen LogP contribution is -2.47. The first-order chi connectivity index (χ1) is 18.6. The molecule has 5 rings (SSSR count). The molecule has 3 amide bonds. The van der Waals surface area contributed by atoms with Crippen LogP contribution in [-0.2, 0) is 4.79 Å². The zero-order valence-electron chi connectivity index (χ0n) is 22.5. The number of nitrogens with one attached hydrogen (secondary N) is 1. The molecule has 3 heterocycles. The van der Waals surface area contributed by atoms with Crippen LogP contribution in [0.1, 0.15) is 61.8 Å². The van der Waals surface area contributed by atoms with Crippen molar-refractivity contribution in [3.63, 3.8) is 0 Å². The summed E-state index contributed by atoms with van der Waals surface area (Å²) in [5, 5.41) is 0.616. The number of nitrogens with two attached hydrogens (primary N) is 1. The largest absolute Gasteiger partial charge is 0.366 e. The van der Waals surface area contributed by atoms with Crippen LogP contribution in [0.15, 0.2) is 42.5 Å². The number of hydrogen-bond donors (Lipinski definition) is 2. The monoisotopic (exact) mass is 545 g/mol. The highest BCUT2D eigenvalue weighted by Gasteiger charge is 2.37. The van der Waals surface area contributed by atoms with Gasteiger partial charge in [-0.1, -0.05) is 23.7 Å². The minimum atomic E-state index is -0.569. The maximum Gasteiger partial charge on any atom is 0.259 e. The molecule has 0 aliphatic carbocycles. The Labute approximate surface area is 233 Å². The molecular formula is C30H32ClN5O3. The minimum Gasteiger partial charge on any atom is -0.366 e. The molecule has 202 valence electrons. The van der Waals surface area contributed by atoms with E-state index < -0.39 is 5.91 Å². The number of likely N-dealkylation sites (N-methyl/N-ethyl adjacent to an activating group) is 1. The van der Waals surface area contributed by atoms with Gasteiger partial charge in [-0.15, -0.1) is 0 Å². The fourth-order valence-electron chi connectivity index (χ4n) is 5.44. The van der Waals surface area contributed by atoms with E-state index in [0.717, 1.165) is 29.9 Å². The van der Waals surface area contributed by atoms with Crippen molar-refractivity contribution < 1.29 is 14.4 Å². The average molecular weight is 546 g/mol. The second kappa shape index (κ2) is 10.4. The summed E-state index contributed by atoms with van der Waals surface area (Å²) in [5.74, 6) is -0.778. The molecule has 3 aromatic rings. The van der Waals surface area contributed by atoms with Crippen molar-refractivity contribution in [1.29, 1.82) is 0 Å². The first kappa shape index (κ1) is 26.7. The number of anilines is 1. The Morgan fingerprint density at radius 2 is 1.72 bits per heavy atom. The van der Waals surface area contributed by atoms with Gasteiger partial charge in [0.25, 0.3) is 11.8 Å². The van der Waals surface area contributed by atoms with Crippen molar-refractivity contribution in [2.75, 3.05) is 38.1 Å². The van der Waals surface area contributed by atoms with Crippen molar-refractivity contribution in [1.82, 2.24) is 14.8 Å². The Hall–Kier alpha value is -3.88. The first-order valence-corrected chi connectivity index (χ1v) is 13.4. The summed E-state index contributed by atoms with van der Waals surface area (Å²) in [5.41, 5.74) is 11.4. The second-order valence-corrected chi connectivity index (χ2v) is 10.8. The number of hydrogen-bond acceptors (Lipinski definition) is 4. The van der Waals surface area contributed by atoms with Crippen LogP contribution in [0, 0.1) is 13.8 Å². The Kier molecular flexibility index (Phi) is 7.09. The third-order valence-electron chi connectivity index (χ3n) is 7.79. The van der Waals surface area contributed by atoms with Crippen LogP contribution in [0.5, 0.6) is 0 Å². The highest BCUT2D eigenvalue weighted by atomic mass is 35.5. The quantitative estimate of drug-likeness (QED) is 0.463. The van der Waals surface area contributed by atoms with Gasteiger partial charge in [0.15, 0.2) is 0 Å². The van der Waals surface area contributed by atoms with Gasteiger partial charge in [-0.05, 0) is 75.4 Å². The molecule has 2 aliphatic rings. The fraction of sp³-hybridized carbons (Fsp3) is 0.300. The van der Waals surface area contributed by atoms with Crippen molar-refractivity contribution in [3.05, 3.63) is 86.7 Å². The van der Waals surface area contributed by atoms with Crippen molar-refractivity contribution >= 4 is 46.7 Å². The number of piperazine rings is 1. The van der Waals surface area contributed by atoms with Crippen LogP contribution < -0.4 is 10.6 Å². The molecule has 0 saturated carbocycles. The summed E-state index contributed by atoms with van der Waals surface area (Å²) in [6.07, 6.45) is 1.78. The van der Waals surface area contributed by atoms with E-state index in [1.807, 2.05) is 37.8 Å². The highest BCUT2D eigenvalue weighted by Crippen LogP contribution is 2.43. The fourth-order valence-corrected chi connectivity index (χ4v) is 5.56. The van der Waals surface area contributed by atoms with E-state index in [0.29, 0.717) is 51.8 Å². The van der Waals surface area contributed by atoms with Crippen molar-refractivity contribution in [3.8, 4) is 0 Å².